The molecule has 32 heavy (non-hydrogen) atoms. The van der Waals surface area contributed by atoms with Gasteiger partial charge >= 0.3 is 0 Å². The third kappa shape index (κ3) is 3.98. The van der Waals surface area contributed by atoms with Crippen molar-refractivity contribution in [1.82, 2.24) is 4.57 Å². The van der Waals surface area contributed by atoms with E-state index in [-0.39, 0.29) is 5.04 Å². The minimum absolute atomic E-state index is 0.219. The molecule has 1 aromatic heterocycles. The van der Waals surface area contributed by atoms with Crippen molar-refractivity contribution in [1.29, 1.82) is 5.26 Å². The first kappa shape index (κ1) is 22.6. The fourth-order valence-electron chi connectivity index (χ4n) is 4.66. The van der Waals surface area contributed by atoms with E-state index >= 15 is 0 Å². The molecule has 4 nitrogen and oxygen atoms in total. The van der Waals surface area contributed by atoms with E-state index in [1.807, 2.05) is 24.3 Å². The number of hydrogen-bond acceptors (Lipinski definition) is 3. The Morgan fingerprint density at radius 3 is 2.56 bits per heavy atom. The summed E-state index contributed by atoms with van der Waals surface area (Å²) in [6.07, 6.45) is 5.82. The molecule has 0 unspecified atom stereocenters. The molecule has 0 saturated heterocycles. The van der Waals surface area contributed by atoms with E-state index in [9.17, 15) is 5.26 Å². The van der Waals surface area contributed by atoms with Crippen molar-refractivity contribution in [3.63, 3.8) is 0 Å². The van der Waals surface area contributed by atoms with Gasteiger partial charge in [-0.1, -0.05) is 32.9 Å². The van der Waals surface area contributed by atoms with Gasteiger partial charge in [-0.2, -0.15) is 5.26 Å². The molecule has 5 heteroatoms. The van der Waals surface area contributed by atoms with Crippen molar-refractivity contribution in [3.05, 3.63) is 53.7 Å². The number of nitrogen functional groups attached to an aromatic ring is 1. The Morgan fingerprint density at radius 2 is 1.88 bits per heavy atom. The topological polar surface area (TPSA) is 64.0 Å². The molecule has 1 fully saturated rings. The van der Waals surface area contributed by atoms with E-state index in [4.69, 9.17) is 10.2 Å². The Bertz CT molecular complexity index is 1200. The number of anilines is 1. The zero-order valence-electron chi connectivity index (χ0n) is 20.2. The lowest BCUT2D eigenvalue weighted by Gasteiger charge is -2.38. The molecule has 1 aliphatic carbocycles. The maximum atomic E-state index is 9.49. The fourth-order valence-corrected chi connectivity index (χ4v) is 6.06. The van der Waals surface area contributed by atoms with Gasteiger partial charge in [-0.25, -0.2) is 0 Å². The molecule has 0 radical (unpaired) electrons. The van der Waals surface area contributed by atoms with Crippen molar-refractivity contribution in [2.45, 2.75) is 77.2 Å². The molecule has 2 N–H and O–H groups in total. The third-order valence-electron chi connectivity index (χ3n) is 7.65. The van der Waals surface area contributed by atoms with E-state index in [1.54, 1.807) is 0 Å². The number of fused-ring (bicyclic) bond motifs is 1. The third-order valence-corrected chi connectivity index (χ3v) is 12.2. The molecule has 0 spiro atoms. The van der Waals surface area contributed by atoms with Crippen LogP contribution in [0.25, 0.3) is 22.0 Å². The second-order valence-corrected chi connectivity index (χ2v) is 15.5. The molecule has 0 bridgehead atoms. The van der Waals surface area contributed by atoms with Crippen LogP contribution in [0, 0.1) is 18.3 Å². The van der Waals surface area contributed by atoms with E-state index < -0.39 is 8.32 Å². The first-order chi connectivity index (χ1) is 15.0. The normalized spacial score (nSPS) is 19.4. The molecule has 1 saturated carbocycles. The Hall–Kier alpha value is -2.55. The number of aromatic nitrogens is 1. The Labute approximate surface area is 193 Å². The molecule has 3 aromatic rings. The van der Waals surface area contributed by atoms with Crippen LogP contribution >= 0.6 is 0 Å². The SMILES string of the molecule is Cc1c(N)cccc1-c1cn([C@H]2CC[C@H](O[Si](C)(C)C(C)(C)C)C2)c2ccc(C#N)cc12. The highest BCUT2D eigenvalue weighted by molar-refractivity contribution is 6.74. The number of nitriles is 1. The van der Waals surface area contributed by atoms with E-state index in [0.29, 0.717) is 17.7 Å². The number of nitrogens with zero attached hydrogens (tertiary/aromatic N) is 2. The Balaban J connectivity index is 1.73. The molecule has 2 aromatic carbocycles. The predicted octanol–water partition coefficient (Wildman–Crippen LogP) is 7.19. The molecule has 168 valence electrons. The van der Waals surface area contributed by atoms with Crippen LogP contribution in [0.3, 0.4) is 0 Å². The van der Waals surface area contributed by atoms with Gasteiger partial charge in [0.25, 0.3) is 0 Å². The van der Waals surface area contributed by atoms with Crippen molar-refractivity contribution < 1.29 is 4.43 Å². The van der Waals surface area contributed by atoms with Crippen LogP contribution in [0.15, 0.2) is 42.6 Å². The summed E-state index contributed by atoms with van der Waals surface area (Å²) in [6.45, 7) is 13.7. The predicted molar refractivity (Wildman–Crippen MR) is 136 cm³/mol. The molecule has 1 heterocycles. The van der Waals surface area contributed by atoms with Gasteiger partial charge < -0.3 is 14.7 Å². The molecule has 1 aliphatic rings. The van der Waals surface area contributed by atoms with Crippen molar-refractivity contribution in [2.24, 2.45) is 0 Å². The molecule has 2 atom stereocenters. The molecular weight excluding hydrogens is 410 g/mol. The van der Waals surface area contributed by atoms with Gasteiger partial charge in [-0.15, -0.1) is 0 Å². The van der Waals surface area contributed by atoms with Crippen molar-refractivity contribution >= 4 is 24.9 Å². The molecule has 0 aliphatic heterocycles. The summed E-state index contributed by atoms with van der Waals surface area (Å²) in [5.41, 5.74) is 12.3. The zero-order chi connectivity index (χ0) is 23.3. The summed E-state index contributed by atoms with van der Waals surface area (Å²) in [5, 5.41) is 10.8. The fraction of sp³-hybridized carbons (Fsp3) is 0.444. The summed E-state index contributed by atoms with van der Waals surface area (Å²) < 4.78 is 9.18. The standard InChI is InChI=1S/C27H35N3OSi/c1-18-22(8-7-9-25(18)29)24-17-30(26-13-10-19(16-28)14-23(24)26)20-11-12-21(15-20)31-32(5,6)27(2,3)4/h7-10,13-14,17,20-21H,11-12,15,29H2,1-6H3/t20-,21-/m0/s1. The summed E-state index contributed by atoms with van der Waals surface area (Å²) in [6, 6.07) is 14.8. The van der Waals surface area contributed by atoms with Gasteiger partial charge in [0.1, 0.15) is 0 Å². The van der Waals surface area contributed by atoms with Gasteiger partial charge in [0.05, 0.1) is 11.6 Å². The molecule has 4 rings (SSSR count). The highest BCUT2D eigenvalue weighted by Crippen LogP contribution is 2.43. The Morgan fingerprint density at radius 1 is 1.12 bits per heavy atom. The van der Waals surface area contributed by atoms with Crippen LogP contribution in [0.4, 0.5) is 5.69 Å². The van der Waals surface area contributed by atoms with Crippen LogP contribution < -0.4 is 5.73 Å². The first-order valence-electron chi connectivity index (χ1n) is 11.6. The average Bonchev–Trinajstić information content (AvgIpc) is 3.32. The minimum atomic E-state index is -1.79. The van der Waals surface area contributed by atoms with Crippen molar-refractivity contribution in [2.75, 3.05) is 5.73 Å². The molecule has 0 amide bonds. The quantitative estimate of drug-likeness (QED) is 0.341. The van der Waals surface area contributed by atoms with Gasteiger partial charge in [-0.3, -0.25) is 0 Å². The maximum Gasteiger partial charge on any atom is 0.192 e. The lowest BCUT2D eigenvalue weighted by atomic mass is 9.98. The smallest absolute Gasteiger partial charge is 0.192 e. The maximum absolute atomic E-state index is 9.49. The second-order valence-electron chi connectivity index (χ2n) is 10.8. The second kappa shape index (κ2) is 8.10. The number of nitrogens with two attached hydrogens (primary N) is 1. The highest BCUT2D eigenvalue weighted by Gasteiger charge is 2.41. The zero-order valence-corrected chi connectivity index (χ0v) is 21.2. The first-order valence-corrected chi connectivity index (χ1v) is 14.5. The summed E-state index contributed by atoms with van der Waals surface area (Å²) in [7, 11) is -1.79. The molecular formula is C27H35N3OSi. The van der Waals surface area contributed by atoms with Crippen LogP contribution in [0.5, 0.6) is 0 Å². The van der Waals surface area contributed by atoms with Crippen LogP contribution in [0.2, 0.25) is 18.1 Å². The Kier molecular flexibility index (Phi) is 5.73. The lowest BCUT2D eigenvalue weighted by Crippen LogP contribution is -2.43. The van der Waals surface area contributed by atoms with Gasteiger partial charge in [0, 0.05) is 40.5 Å². The highest BCUT2D eigenvalue weighted by atomic mass is 28.4. The minimum Gasteiger partial charge on any atom is -0.414 e. The van der Waals surface area contributed by atoms with Gasteiger partial charge in [0.2, 0.25) is 0 Å². The summed E-state index contributed by atoms with van der Waals surface area (Å²) >= 11 is 0. The van der Waals surface area contributed by atoms with Crippen molar-refractivity contribution in [3.8, 4) is 17.2 Å². The van der Waals surface area contributed by atoms with Crippen LogP contribution in [-0.2, 0) is 4.43 Å². The number of rotatable bonds is 4. The average molecular weight is 446 g/mol. The summed E-state index contributed by atoms with van der Waals surface area (Å²) in [5.74, 6) is 0. The van der Waals surface area contributed by atoms with Crippen LogP contribution in [-0.4, -0.2) is 19.0 Å². The van der Waals surface area contributed by atoms with Crippen LogP contribution in [0.1, 0.15) is 57.2 Å². The van der Waals surface area contributed by atoms with E-state index in [2.05, 4.69) is 69.8 Å². The number of hydrogen-bond donors (Lipinski definition) is 1. The lowest BCUT2D eigenvalue weighted by molar-refractivity contribution is 0.183. The largest absolute Gasteiger partial charge is 0.414 e. The van der Waals surface area contributed by atoms with Gasteiger partial charge in [0.15, 0.2) is 8.32 Å². The van der Waals surface area contributed by atoms with Gasteiger partial charge in [-0.05, 0) is 79.7 Å². The van der Waals surface area contributed by atoms with E-state index in [1.165, 1.54) is 5.52 Å². The monoisotopic (exact) mass is 445 g/mol. The number of benzene rings is 2. The summed E-state index contributed by atoms with van der Waals surface area (Å²) in [4.78, 5) is 0. The van der Waals surface area contributed by atoms with E-state index in [0.717, 1.165) is 47.0 Å².